The maximum atomic E-state index is 13.1. The first-order valence-electron chi connectivity index (χ1n) is 6.45. The van der Waals surface area contributed by atoms with Crippen LogP contribution in [0, 0.1) is 24.1 Å². The fourth-order valence-corrected chi connectivity index (χ4v) is 2.75. The van der Waals surface area contributed by atoms with Crippen LogP contribution in [0.2, 0.25) is 0 Å². The summed E-state index contributed by atoms with van der Waals surface area (Å²) < 4.78 is 13.1. The first-order valence-corrected chi connectivity index (χ1v) is 6.45. The van der Waals surface area contributed by atoms with Gasteiger partial charge >= 0.3 is 0 Å². The Morgan fingerprint density at radius 2 is 2.12 bits per heavy atom. The quantitative estimate of drug-likeness (QED) is 0.836. The maximum Gasteiger partial charge on any atom is 0.123 e. The number of hydrogen-bond acceptors (Lipinski definition) is 1. The van der Waals surface area contributed by atoms with Crippen molar-refractivity contribution in [3.05, 3.63) is 35.1 Å². The summed E-state index contributed by atoms with van der Waals surface area (Å²) in [7, 11) is 0. The fourth-order valence-electron chi connectivity index (χ4n) is 2.75. The second kappa shape index (κ2) is 4.41. The van der Waals surface area contributed by atoms with Gasteiger partial charge in [0.05, 0.1) is 0 Å². The number of halogens is 1. The largest absolute Gasteiger partial charge is 0.310 e. The van der Waals surface area contributed by atoms with E-state index in [1.807, 2.05) is 13.0 Å². The maximum absolute atomic E-state index is 13.1. The summed E-state index contributed by atoms with van der Waals surface area (Å²) in [5, 5.41) is 3.55. The van der Waals surface area contributed by atoms with Crippen molar-refractivity contribution in [2.24, 2.45) is 11.3 Å². The van der Waals surface area contributed by atoms with E-state index in [2.05, 4.69) is 26.1 Å². The molecule has 1 aromatic rings. The van der Waals surface area contributed by atoms with Gasteiger partial charge in [0, 0.05) is 6.04 Å². The molecule has 1 fully saturated rings. The molecule has 1 N–H and O–H groups in total. The second-order valence-corrected chi connectivity index (χ2v) is 5.84. The summed E-state index contributed by atoms with van der Waals surface area (Å²) in [5.41, 5.74) is 2.73. The van der Waals surface area contributed by atoms with Gasteiger partial charge in [-0.3, -0.25) is 0 Å². The normalized spacial score (nSPS) is 23.5. The van der Waals surface area contributed by atoms with E-state index in [1.54, 1.807) is 12.1 Å². The minimum Gasteiger partial charge on any atom is -0.310 e. The van der Waals surface area contributed by atoms with Crippen LogP contribution in [0.4, 0.5) is 4.39 Å². The van der Waals surface area contributed by atoms with Crippen molar-refractivity contribution < 1.29 is 4.39 Å². The highest BCUT2D eigenvalue weighted by molar-refractivity contribution is 5.31. The molecule has 0 saturated heterocycles. The Kier molecular flexibility index (Phi) is 3.26. The van der Waals surface area contributed by atoms with Gasteiger partial charge in [0.15, 0.2) is 0 Å². The van der Waals surface area contributed by atoms with Crippen LogP contribution in [-0.4, -0.2) is 6.54 Å². The summed E-state index contributed by atoms with van der Waals surface area (Å²) in [4.78, 5) is 0. The molecular formula is C15H22FN. The van der Waals surface area contributed by atoms with Gasteiger partial charge < -0.3 is 5.32 Å². The summed E-state index contributed by atoms with van der Waals surface area (Å²) in [6, 6.07) is 5.51. The van der Waals surface area contributed by atoms with E-state index in [0.29, 0.717) is 17.4 Å². The molecule has 0 bridgehead atoms. The van der Waals surface area contributed by atoms with Crippen molar-refractivity contribution in [3.63, 3.8) is 0 Å². The molecule has 0 aromatic heterocycles. The van der Waals surface area contributed by atoms with E-state index in [4.69, 9.17) is 0 Å². The van der Waals surface area contributed by atoms with E-state index in [0.717, 1.165) is 12.1 Å². The van der Waals surface area contributed by atoms with Gasteiger partial charge in [0.1, 0.15) is 5.82 Å². The lowest BCUT2D eigenvalue weighted by atomic mass is 9.93. The van der Waals surface area contributed by atoms with E-state index in [9.17, 15) is 4.39 Å². The van der Waals surface area contributed by atoms with E-state index in [1.165, 1.54) is 12.0 Å². The number of hydrogen-bond donors (Lipinski definition) is 1. The SMILES string of the molecule is CCNC(c1ccc(F)cc1C)C1CC1(C)C. The molecule has 1 aliphatic carbocycles. The lowest BCUT2D eigenvalue weighted by molar-refractivity contribution is 0.422. The Labute approximate surface area is 103 Å². The third kappa shape index (κ3) is 2.52. The van der Waals surface area contributed by atoms with E-state index >= 15 is 0 Å². The number of aryl methyl sites for hydroxylation is 1. The molecule has 2 atom stereocenters. The van der Waals surface area contributed by atoms with Crippen molar-refractivity contribution in [2.45, 2.75) is 40.2 Å². The third-order valence-electron chi connectivity index (χ3n) is 3.98. The van der Waals surface area contributed by atoms with Gasteiger partial charge in [-0.2, -0.15) is 0 Å². The summed E-state index contributed by atoms with van der Waals surface area (Å²) in [6.45, 7) is 9.69. The molecule has 2 rings (SSSR count). The Morgan fingerprint density at radius 1 is 1.47 bits per heavy atom. The van der Waals surface area contributed by atoms with Crippen LogP contribution >= 0.6 is 0 Å². The molecule has 1 nitrogen and oxygen atoms in total. The number of nitrogens with one attached hydrogen (secondary N) is 1. The zero-order valence-corrected chi connectivity index (χ0v) is 11.2. The highest BCUT2D eigenvalue weighted by atomic mass is 19.1. The van der Waals surface area contributed by atoms with Gasteiger partial charge in [-0.15, -0.1) is 0 Å². The molecule has 1 aliphatic rings. The van der Waals surface area contributed by atoms with Gasteiger partial charge in [0.2, 0.25) is 0 Å². The van der Waals surface area contributed by atoms with Crippen LogP contribution in [0.25, 0.3) is 0 Å². The summed E-state index contributed by atoms with van der Waals surface area (Å²) in [5.74, 6) is 0.531. The first-order chi connectivity index (χ1) is 7.95. The lowest BCUT2D eigenvalue weighted by Gasteiger charge is -2.22. The number of rotatable bonds is 4. The van der Waals surface area contributed by atoms with Crippen molar-refractivity contribution in [1.82, 2.24) is 5.32 Å². The first kappa shape index (κ1) is 12.6. The molecule has 17 heavy (non-hydrogen) atoms. The van der Waals surface area contributed by atoms with Crippen LogP contribution < -0.4 is 5.32 Å². The molecule has 94 valence electrons. The van der Waals surface area contributed by atoms with Crippen LogP contribution in [0.15, 0.2) is 18.2 Å². The lowest BCUT2D eigenvalue weighted by Crippen LogP contribution is -2.25. The number of benzene rings is 1. The molecule has 0 aliphatic heterocycles. The minimum absolute atomic E-state index is 0.142. The average Bonchev–Trinajstić information content (AvgIpc) is 2.85. The average molecular weight is 235 g/mol. The summed E-state index contributed by atoms with van der Waals surface area (Å²) in [6.07, 6.45) is 1.25. The minimum atomic E-state index is -0.142. The van der Waals surface area contributed by atoms with Crippen molar-refractivity contribution >= 4 is 0 Å². The van der Waals surface area contributed by atoms with Crippen LogP contribution in [-0.2, 0) is 0 Å². The molecule has 1 aromatic carbocycles. The standard InChI is InChI=1S/C15H22FN/c1-5-17-14(13-9-15(13,3)4)12-7-6-11(16)8-10(12)2/h6-8,13-14,17H,5,9H2,1-4H3. The van der Waals surface area contributed by atoms with Crippen molar-refractivity contribution in [2.75, 3.05) is 6.54 Å². The Hall–Kier alpha value is -0.890. The molecule has 0 spiro atoms. The zero-order valence-electron chi connectivity index (χ0n) is 11.2. The summed E-state index contributed by atoms with van der Waals surface area (Å²) >= 11 is 0. The zero-order chi connectivity index (χ0) is 12.6. The van der Waals surface area contributed by atoms with E-state index in [-0.39, 0.29) is 5.82 Å². The topological polar surface area (TPSA) is 12.0 Å². The Morgan fingerprint density at radius 3 is 2.59 bits per heavy atom. The van der Waals surface area contributed by atoms with Gasteiger partial charge in [-0.25, -0.2) is 4.39 Å². The molecule has 0 heterocycles. The molecule has 2 unspecified atom stereocenters. The van der Waals surface area contributed by atoms with E-state index < -0.39 is 0 Å². The molecule has 1 saturated carbocycles. The highest BCUT2D eigenvalue weighted by Gasteiger charge is 2.50. The Bertz CT molecular complexity index is 411. The van der Waals surface area contributed by atoms with Gasteiger partial charge in [-0.05, 0) is 54.5 Å². The predicted octanol–water partition coefficient (Wildman–Crippen LogP) is 3.83. The van der Waals surface area contributed by atoms with Crippen molar-refractivity contribution in [3.8, 4) is 0 Å². The third-order valence-corrected chi connectivity index (χ3v) is 3.98. The molecule has 0 radical (unpaired) electrons. The van der Waals surface area contributed by atoms with Crippen LogP contribution in [0.1, 0.15) is 44.4 Å². The monoisotopic (exact) mass is 235 g/mol. The van der Waals surface area contributed by atoms with Crippen LogP contribution in [0.3, 0.4) is 0 Å². The van der Waals surface area contributed by atoms with Gasteiger partial charge in [0.25, 0.3) is 0 Å². The fraction of sp³-hybridized carbons (Fsp3) is 0.600. The highest BCUT2D eigenvalue weighted by Crippen LogP contribution is 2.57. The van der Waals surface area contributed by atoms with Crippen molar-refractivity contribution in [1.29, 1.82) is 0 Å². The van der Waals surface area contributed by atoms with Crippen LogP contribution in [0.5, 0.6) is 0 Å². The molecule has 0 amide bonds. The Balaban J connectivity index is 2.27. The van der Waals surface area contributed by atoms with Gasteiger partial charge in [-0.1, -0.05) is 26.8 Å². The smallest absolute Gasteiger partial charge is 0.123 e. The molecular weight excluding hydrogens is 213 g/mol. The molecule has 2 heteroatoms. The predicted molar refractivity (Wildman–Crippen MR) is 69.4 cm³/mol. The second-order valence-electron chi connectivity index (χ2n) is 5.84.